The fourth-order valence-corrected chi connectivity index (χ4v) is 11.5. The Bertz CT molecular complexity index is 1620. The highest BCUT2D eigenvalue weighted by atomic mass is 31.2. The Hall–Kier alpha value is -2.29. The van der Waals surface area contributed by atoms with Crippen molar-refractivity contribution in [1.29, 1.82) is 0 Å². The van der Waals surface area contributed by atoms with Crippen LogP contribution in [-0.4, -0.2) is 74.9 Å². The molecule has 498 valence electrons. The normalized spacial score (nSPS) is 13.4. The van der Waals surface area contributed by atoms with Gasteiger partial charge in [0.1, 0.15) is 19.8 Å². The molecule has 9 nitrogen and oxygen atoms in total. The molecule has 0 aromatic heterocycles. The summed E-state index contributed by atoms with van der Waals surface area (Å²) in [6.07, 6.45) is 87.7. The van der Waals surface area contributed by atoms with E-state index in [1.165, 1.54) is 257 Å². The third-order valence-corrected chi connectivity index (χ3v) is 17.3. The lowest BCUT2D eigenvalue weighted by Crippen LogP contribution is -2.37. The SMILES string of the molecule is CC/C=C\C/C=C\C/C=C\C/C=C\C/C=C\CCCCCCCCCCCCCCCCCCCCCCCC(=O)OC(COC(=O)CCCCCCCCCCCCCCCCCCCCCCCCCC)COP(=O)(O)OCC[N+](C)(C)C. The van der Waals surface area contributed by atoms with Gasteiger partial charge in [0.2, 0.25) is 0 Å². The molecule has 10 heteroatoms. The second-order valence-electron chi connectivity index (χ2n) is 26.0. The zero-order valence-electron chi connectivity index (χ0n) is 56.9. The molecule has 0 fully saturated rings. The molecule has 0 aliphatic heterocycles. The van der Waals surface area contributed by atoms with Gasteiger partial charge < -0.3 is 18.9 Å². The summed E-state index contributed by atoms with van der Waals surface area (Å²) in [5, 5.41) is 0. The first-order valence-corrected chi connectivity index (χ1v) is 38.0. The summed E-state index contributed by atoms with van der Waals surface area (Å²) in [4.78, 5) is 35.9. The first-order valence-electron chi connectivity index (χ1n) is 36.5. The number of phosphoric acid groups is 1. The van der Waals surface area contributed by atoms with Crippen molar-refractivity contribution in [3.63, 3.8) is 0 Å². The van der Waals surface area contributed by atoms with Crippen molar-refractivity contribution < 1.29 is 42.1 Å². The Morgan fingerprint density at radius 3 is 1.00 bits per heavy atom. The lowest BCUT2D eigenvalue weighted by atomic mass is 10.0. The van der Waals surface area contributed by atoms with Crippen LogP contribution < -0.4 is 0 Å². The number of hydrogen-bond acceptors (Lipinski definition) is 7. The molecule has 0 rings (SSSR count). The zero-order chi connectivity index (χ0) is 61.9. The molecule has 0 aliphatic rings. The number of allylic oxidation sites excluding steroid dienone is 10. The largest absolute Gasteiger partial charge is 0.472 e. The number of phosphoric ester groups is 1. The quantitative estimate of drug-likeness (QED) is 0.0211. The van der Waals surface area contributed by atoms with Gasteiger partial charge in [-0.15, -0.1) is 0 Å². The fourth-order valence-electron chi connectivity index (χ4n) is 10.8. The molecule has 0 aliphatic carbocycles. The van der Waals surface area contributed by atoms with Crippen LogP contribution in [0.3, 0.4) is 0 Å². The van der Waals surface area contributed by atoms with Gasteiger partial charge in [-0.05, 0) is 57.8 Å². The average molecular weight is 1220 g/mol. The maximum atomic E-state index is 12.9. The van der Waals surface area contributed by atoms with Crippen LogP contribution in [0.1, 0.15) is 354 Å². The number of ether oxygens (including phenoxy) is 2. The van der Waals surface area contributed by atoms with E-state index in [4.69, 9.17) is 18.5 Å². The Morgan fingerprint density at radius 1 is 0.376 bits per heavy atom. The molecule has 0 aromatic carbocycles. The number of nitrogens with zero attached hydrogens (tertiary/aromatic N) is 1. The zero-order valence-corrected chi connectivity index (χ0v) is 57.7. The minimum Gasteiger partial charge on any atom is -0.462 e. The fraction of sp³-hybridized carbons (Fsp3) is 0.840. The molecule has 0 saturated heterocycles. The minimum atomic E-state index is -4.39. The van der Waals surface area contributed by atoms with E-state index in [1.54, 1.807) is 0 Å². The second-order valence-corrected chi connectivity index (χ2v) is 27.4. The van der Waals surface area contributed by atoms with Gasteiger partial charge >= 0.3 is 19.8 Å². The van der Waals surface area contributed by atoms with E-state index in [0.29, 0.717) is 23.9 Å². The predicted octanol–water partition coefficient (Wildman–Crippen LogP) is 23.8. The van der Waals surface area contributed by atoms with Crippen molar-refractivity contribution in [1.82, 2.24) is 0 Å². The molecule has 2 atom stereocenters. The molecule has 0 aromatic rings. The smallest absolute Gasteiger partial charge is 0.462 e. The molecule has 0 radical (unpaired) electrons. The number of hydrogen-bond donors (Lipinski definition) is 1. The van der Waals surface area contributed by atoms with E-state index in [9.17, 15) is 19.0 Å². The number of likely N-dealkylation sites (N-methyl/N-ethyl adjacent to an activating group) is 1. The molecule has 0 saturated carbocycles. The molecule has 1 N–H and O–H groups in total. The van der Waals surface area contributed by atoms with Crippen molar-refractivity contribution >= 4 is 19.8 Å². The minimum absolute atomic E-state index is 0.0343. The van der Waals surface area contributed by atoms with Crippen molar-refractivity contribution in [2.75, 3.05) is 47.5 Å². The lowest BCUT2D eigenvalue weighted by Gasteiger charge is -2.24. The monoisotopic (exact) mass is 1220 g/mol. The molecule has 0 spiro atoms. The van der Waals surface area contributed by atoms with Crippen LogP contribution in [0.4, 0.5) is 0 Å². The first kappa shape index (κ1) is 82.7. The summed E-state index contributed by atoms with van der Waals surface area (Å²) in [6, 6.07) is 0. The van der Waals surface area contributed by atoms with Crippen LogP contribution in [0.15, 0.2) is 60.8 Å². The lowest BCUT2D eigenvalue weighted by molar-refractivity contribution is -0.870. The highest BCUT2D eigenvalue weighted by Gasteiger charge is 2.27. The summed E-state index contributed by atoms with van der Waals surface area (Å²) >= 11 is 0. The number of carbonyl (C=O) groups is 2. The average Bonchev–Trinajstić information content (AvgIpc) is 3.50. The molecule has 0 amide bonds. The maximum Gasteiger partial charge on any atom is 0.472 e. The van der Waals surface area contributed by atoms with Crippen molar-refractivity contribution in [2.45, 2.75) is 360 Å². The number of unbranched alkanes of at least 4 members (excludes halogenated alkanes) is 44. The number of quaternary nitrogens is 1. The van der Waals surface area contributed by atoms with Crippen molar-refractivity contribution in [3.05, 3.63) is 60.8 Å². The van der Waals surface area contributed by atoms with Gasteiger partial charge in [0.15, 0.2) is 6.10 Å². The van der Waals surface area contributed by atoms with Crippen LogP contribution in [0.25, 0.3) is 0 Å². The Morgan fingerprint density at radius 2 is 0.671 bits per heavy atom. The summed E-state index contributed by atoms with van der Waals surface area (Å²) in [5.41, 5.74) is 0. The highest BCUT2D eigenvalue weighted by molar-refractivity contribution is 7.47. The standard InChI is InChI=1S/C75H140NO8P/c1-6-8-10-12-14-16-18-20-22-24-26-28-30-32-33-34-35-36-37-38-39-40-41-42-43-44-46-48-50-52-54-56-58-60-62-64-66-68-75(78)84-73(72-83-85(79,80)82-70-69-76(3,4)5)71-81-74(77)67-65-63-61-59-57-55-53-51-49-47-45-31-29-27-25-23-21-19-17-15-13-11-9-7-2/h8,10,14,16,20,22,26,28,32-33,73H,6-7,9,11-13,15,17-19,21,23-25,27,29-31,34-72H2,1-5H3/p+1/b10-8-,16-14-,22-20-,28-26-,33-32-. The molecule has 0 bridgehead atoms. The van der Waals surface area contributed by atoms with E-state index in [2.05, 4.69) is 74.6 Å². The van der Waals surface area contributed by atoms with Gasteiger partial charge in [-0.25, -0.2) is 4.57 Å². The van der Waals surface area contributed by atoms with Crippen molar-refractivity contribution in [2.24, 2.45) is 0 Å². The molecule has 0 heterocycles. The summed E-state index contributed by atoms with van der Waals surface area (Å²) in [6.45, 7) is 4.39. The van der Waals surface area contributed by atoms with Gasteiger partial charge in [-0.2, -0.15) is 0 Å². The van der Waals surface area contributed by atoms with Crippen LogP contribution in [0.2, 0.25) is 0 Å². The second kappa shape index (κ2) is 66.1. The van der Waals surface area contributed by atoms with Gasteiger partial charge in [-0.1, -0.05) is 344 Å². The van der Waals surface area contributed by atoms with Gasteiger partial charge in [0.05, 0.1) is 27.7 Å². The summed E-state index contributed by atoms with van der Waals surface area (Å²) < 4.78 is 34.8. The Balaban J connectivity index is 3.95. The maximum absolute atomic E-state index is 12.9. The van der Waals surface area contributed by atoms with E-state index in [0.717, 1.165) is 64.2 Å². The van der Waals surface area contributed by atoms with Crippen LogP contribution in [0, 0.1) is 0 Å². The van der Waals surface area contributed by atoms with Gasteiger partial charge in [0.25, 0.3) is 0 Å². The van der Waals surface area contributed by atoms with E-state index in [-0.39, 0.29) is 25.6 Å². The number of esters is 2. The number of carbonyl (C=O) groups excluding carboxylic acids is 2. The van der Waals surface area contributed by atoms with Gasteiger partial charge in [-0.3, -0.25) is 18.6 Å². The van der Waals surface area contributed by atoms with E-state index < -0.39 is 26.5 Å². The topological polar surface area (TPSA) is 108 Å². The molecular weight excluding hydrogens is 1070 g/mol. The van der Waals surface area contributed by atoms with Crippen molar-refractivity contribution in [3.8, 4) is 0 Å². The first-order chi connectivity index (χ1) is 41.5. The van der Waals surface area contributed by atoms with Crippen LogP contribution in [-0.2, 0) is 32.7 Å². The third-order valence-electron chi connectivity index (χ3n) is 16.3. The summed E-state index contributed by atoms with van der Waals surface area (Å²) in [5.74, 6) is -0.775. The molecule has 85 heavy (non-hydrogen) atoms. The Kier molecular flexibility index (Phi) is 64.4. The third kappa shape index (κ3) is 70.7. The van der Waals surface area contributed by atoms with Crippen LogP contribution >= 0.6 is 7.82 Å². The van der Waals surface area contributed by atoms with Gasteiger partial charge in [0, 0.05) is 12.8 Å². The van der Waals surface area contributed by atoms with Crippen LogP contribution in [0.5, 0.6) is 0 Å². The van der Waals surface area contributed by atoms with E-state index >= 15 is 0 Å². The summed E-state index contributed by atoms with van der Waals surface area (Å²) in [7, 11) is 1.50. The number of rotatable bonds is 68. The van der Waals surface area contributed by atoms with E-state index in [1.807, 2.05) is 21.1 Å². The molecule has 2 unspecified atom stereocenters. The molecular formula is C75H141NO8P+. The highest BCUT2D eigenvalue weighted by Crippen LogP contribution is 2.43. The Labute approximate surface area is 527 Å². The predicted molar refractivity (Wildman–Crippen MR) is 367 cm³/mol.